The number of halogens is 4. The molecule has 206 valence electrons. The largest absolute Gasteiger partial charge is 0.494 e. The van der Waals surface area contributed by atoms with Gasteiger partial charge in [-0.3, -0.25) is 9.69 Å². The van der Waals surface area contributed by atoms with Gasteiger partial charge >= 0.3 is 6.18 Å². The van der Waals surface area contributed by atoms with E-state index in [-0.39, 0.29) is 24.4 Å². The number of anilines is 6. The predicted octanol–water partition coefficient (Wildman–Crippen LogP) is 5.18. The Morgan fingerprint density at radius 1 is 1.15 bits per heavy atom. The van der Waals surface area contributed by atoms with Gasteiger partial charge in [-0.25, -0.2) is 9.37 Å². The molecule has 13 heteroatoms. The van der Waals surface area contributed by atoms with Crippen LogP contribution in [0.2, 0.25) is 0 Å². The molecule has 2 aromatic carbocycles. The van der Waals surface area contributed by atoms with E-state index in [1.54, 1.807) is 30.3 Å². The fraction of sp³-hybridized carbons (Fsp3) is 0.269. The van der Waals surface area contributed by atoms with Gasteiger partial charge in [0.25, 0.3) is 0 Å². The van der Waals surface area contributed by atoms with Crippen LogP contribution in [0.25, 0.3) is 0 Å². The van der Waals surface area contributed by atoms with Gasteiger partial charge in [-0.2, -0.15) is 18.2 Å². The number of ether oxygens (including phenoxy) is 1. The first-order chi connectivity index (χ1) is 18.7. The fourth-order valence-electron chi connectivity index (χ4n) is 3.95. The first kappa shape index (κ1) is 27.6. The number of hydrogen-bond donors (Lipinski definition) is 4. The van der Waals surface area contributed by atoms with E-state index in [9.17, 15) is 22.4 Å². The molecule has 1 aromatic heterocycles. The van der Waals surface area contributed by atoms with Crippen LogP contribution >= 0.6 is 0 Å². The molecular formula is C26H27F4N7O2. The molecule has 1 aliphatic rings. The van der Waals surface area contributed by atoms with Gasteiger partial charge in [0.1, 0.15) is 23.8 Å². The highest BCUT2D eigenvalue weighted by Gasteiger charge is 2.35. The number of methoxy groups -OCH3 is 1. The highest BCUT2D eigenvalue weighted by Crippen LogP contribution is 2.36. The summed E-state index contributed by atoms with van der Waals surface area (Å²) in [6, 6.07) is 11.5. The molecule has 0 spiro atoms. The molecule has 39 heavy (non-hydrogen) atoms. The molecule has 1 saturated heterocycles. The van der Waals surface area contributed by atoms with Crippen molar-refractivity contribution in [2.24, 2.45) is 0 Å². The van der Waals surface area contributed by atoms with E-state index >= 15 is 0 Å². The Morgan fingerprint density at radius 3 is 2.62 bits per heavy atom. The Kier molecular flexibility index (Phi) is 8.49. The van der Waals surface area contributed by atoms with Crippen LogP contribution < -0.4 is 26.0 Å². The third-order valence-electron chi connectivity index (χ3n) is 5.85. The van der Waals surface area contributed by atoms with Crippen molar-refractivity contribution in [2.75, 3.05) is 54.7 Å². The van der Waals surface area contributed by atoms with Crippen molar-refractivity contribution >= 4 is 40.4 Å². The van der Waals surface area contributed by atoms with E-state index in [1.807, 2.05) is 4.90 Å². The van der Waals surface area contributed by atoms with Crippen LogP contribution in [0.5, 0.6) is 5.75 Å². The molecule has 4 rings (SSSR count). The zero-order valence-corrected chi connectivity index (χ0v) is 21.0. The lowest BCUT2D eigenvalue weighted by Gasteiger charge is -2.39. The average Bonchev–Trinajstić information content (AvgIpc) is 2.88. The van der Waals surface area contributed by atoms with E-state index in [2.05, 4.69) is 37.8 Å². The number of aromatic nitrogens is 2. The number of nitrogens with one attached hydrogen (secondary N) is 4. The molecule has 0 bridgehead atoms. The molecule has 0 aliphatic carbocycles. The highest BCUT2D eigenvalue weighted by molar-refractivity contribution is 5.99. The van der Waals surface area contributed by atoms with Gasteiger partial charge in [0.05, 0.1) is 18.8 Å². The summed E-state index contributed by atoms with van der Waals surface area (Å²) >= 11 is 0. The normalized spacial score (nSPS) is 13.8. The number of hydrogen-bond acceptors (Lipinski definition) is 8. The summed E-state index contributed by atoms with van der Waals surface area (Å²) in [4.78, 5) is 21.5. The minimum absolute atomic E-state index is 0.0959. The minimum Gasteiger partial charge on any atom is -0.494 e. The second-order valence-electron chi connectivity index (χ2n) is 8.68. The van der Waals surface area contributed by atoms with Crippen LogP contribution in [-0.4, -0.2) is 60.2 Å². The van der Waals surface area contributed by atoms with Gasteiger partial charge in [0, 0.05) is 49.0 Å². The van der Waals surface area contributed by atoms with Crippen molar-refractivity contribution in [2.45, 2.75) is 12.2 Å². The lowest BCUT2D eigenvalue weighted by molar-refractivity contribution is -0.137. The number of benzene rings is 2. The first-order valence-corrected chi connectivity index (χ1v) is 11.9. The summed E-state index contributed by atoms with van der Waals surface area (Å²) in [6.07, 6.45) is -2.96. The topological polar surface area (TPSA) is 103 Å². The molecule has 0 unspecified atom stereocenters. The van der Waals surface area contributed by atoms with Crippen LogP contribution in [0.15, 0.2) is 61.3 Å². The van der Waals surface area contributed by atoms with Crippen LogP contribution in [-0.2, 0) is 11.0 Å². The Morgan fingerprint density at radius 2 is 1.92 bits per heavy atom. The molecule has 0 atom stereocenters. The lowest BCUT2D eigenvalue weighted by atomic mass is 10.1. The summed E-state index contributed by atoms with van der Waals surface area (Å²) in [7, 11) is 1.47. The van der Waals surface area contributed by atoms with Gasteiger partial charge in [0.15, 0.2) is 0 Å². The molecular weight excluding hydrogens is 518 g/mol. The van der Waals surface area contributed by atoms with Crippen LogP contribution in [0.1, 0.15) is 5.56 Å². The molecule has 1 amide bonds. The Bertz CT molecular complexity index is 1330. The van der Waals surface area contributed by atoms with Crippen molar-refractivity contribution < 1.29 is 27.1 Å². The number of rotatable bonds is 11. The van der Waals surface area contributed by atoms with E-state index in [4.69, 9.17) is 4.74 Å². The van der Waals surface area contributed by atoms with Crippen LogP contribution in [0.3, 0.4) is 0 Å². The Balaban J connectivity index is 1.53. The number of likely N-dealkylation sites (tertiary alicyclic amines) is 1. The first-order valence-electron chi connectivity index (χ1n) is 11.9. The molecule has 1 aliphatic heterocycles. The number of carbonyl (C=O) groups excluding carboxylic acids is 1. The second-order valence-corrected chi connectivity index (χ2v) is 8.68. The lowest BCUT2D eigenvalue weighted by Crippen LogP contribution is -2.55. The second kappa shape index (κ2) is 12.0. The molecule has 3 aromatic rings. The summed E-state index contributed by atoms with van der Waals surface area (Å²) in [6.45, 7) is 4.85. The third-order valence-corrected chi connectivity index (χ3v) is 5.85. The van der Waals surface area contributed by atoms with Gasteiger partial charge in [-0.05, 0) is 36.4 Å². The predicted molar refractivity (Wildman–Crippen MR) is 142 cm³/mol. The number of nitrogens with zero attached hydrogens (tertiary/aromatic N) is 3. The van der Waals surface area contributed by atoms with E-state index in [0.717, 1.165) is 24.9 Å². The maximum absolute atomic E-state index is 13.7. The molecule has 0 radical (unpaired) electrons. The van der Waals surface area contributed by atoms with Crippen molar-refractivity contribution in [1.29, 1.82) is 0 Å². The average molecular weight is 546 g/mol. The number of amides is 1. The quantitative estimate of drug-likeness (QED) is 0.193. The van der Waals surface area contributed by atoms with Gasteiger partial charge in [-0.1, -0.05) is 12.6 Å². The summed E-state index contributed by atoms with van der Waals surface area (Å²) in [5.74, 6) is -0.615. The number of alkyl halides is 4. The maximum Gasteiger partial charge on any atom is 0.421 e. The summed E-state index contributed by atoms with van der Waals surface area (Å²) in [5.41, 5.74) is 0.779. The maximum atomic E-state index is 13.7. The van der Waals surface area contributed by atoms with E-state index in [0.29, 0.717) is 29.9 Å². The highest BCUT2D eigenvalue weighted by atomic mass is 19.4. The fourth-order valence-corrected chi connectivity index (χ4v) is 3.95. The van der Waals surface area contributed by atoms with Gasteiger partial charge in [-0.15, -0.1) is 0 Å². The van der Waals surface area contributed by atoms with E-state index < -0.39 is 23.5 Å². The van der Waals surface area contributed by atoms with Crippen LogP contribution in [0, 0.1) is 0 Å². The zero-order valence-electron chi connectivity index (χ0n) is 21.0. The summed E-state index contributed by atoms with van der Waals surface area (Å²) < 4.78 is 59.1. The monoisotopic (exact) mass is 545 g/mol. The minimum atomic E-state index is -4.72. The molecule has 2 heterocycles. The molecule has 0 saturated carbocycles. The van der Waals surface area contributed by atoms with Crippen molar-refractivity contribution in [3.05, 3.63) is 66.9 Å². The van der Waals surface area contributed by atoms with Gasteiger partial charge in [0.2, 0.25) is 11.9 Å². The van der Waals surface area contributed by atoms with Crippen molar-refractivity contribution in [3.8, 4) is 5.75 Å². The smallest absolute Gasteiger partial charge is 0.421 e. The van der Waals surface area contributed by atoms with E-state index in [1.165, 1.54) is 19.2 Å². The third kappa shape index (κ3) is 7.13. The molecule has 1 fully saturated rings. The Hall–Kier alpha value is -4.39. The van der Waals surface area contributed by atoms with Gasteiger partial charge < -0.3 is 26.0 Å². The SMILES string of the molecule is C=CC(=O)Nc1cccc(Nc2nc(Nc3ccc(NC4CN(CCF)C4)cc3OC)ncc2C(F)(F)F)c1. The van der Waals surface area contributed by atoms with Crippen LogP contribution in [0.4, 0.5) is 52.1 Å². The number of carbonyl (C=O) groups is 1. The van der Waals surface area contributed by atoms with Crippen molar-refractivity contribution in [3.63, 3.8) is 0 Å². The Labute approximate surface area is 222 Å². The van der Waals surface area contributed by atoms with Crippen molar-refractivity contribution in [1.82, 2.24) is 14.9 Å². The molecule has 9 nitrogen and oxygen atoms in total. The zero-order chi connectivity index (χ0) is 28.0. The summed E-state index contributed by atoms with van der Waals surface area (Å²) in [5, 5.41) is 11.5. The molecule has 4 N–H and O–H groups in total. The standard InChI is InChI=1S/C26H27F4N7O2/c1-3-23(38)33-16-5-4-6-17(11-16)34-24-20(26(28,29)30)13-31-25(36-24)35-21-8-7-18(12-22(21)39-2)32-19-14-37(15-19)10-9-27/h3-8,11-13,19,32H,1,9-10,14-15H2,2H3,(H,33,38)(H2,31,34,35,36).